The molecule has 0 bridgehead atoms. The number of amides is 2. The van der Waals surface area contributed by atoms with E-state index in [0.717, 1.165) is 13.0 Å². The number of methoxy groups -OCH3 is 2. The Labute approximate surface area is 276 Å². The highest BCUT2D eigenvalue weighted by atomic mass is 35.5. The molecule has 0 radical (unpaired) electrons. The van der Waals surface area contributed by atoms with E-state index in [1.807, 2.05) is 10.8 Å². The maximum Gasteiger partial charge on any atom is 0.260 e. The molecule has 0 unspecified atom stereocenters. The van der Waals surface area contributed by atoms with Gasteiger partial charge in [-0.2, -0.15) is 5.26 Å². The highest BCUT2D eigenvalue weighted by molar-refractivity contribution is 6.30. The second-order valence-corrected chi connectivity index (χ2v) is 10.7. The van der Waals surface area contributed by atoms with Crippen LogP contribution in [0.3, 0.4) is 0 Å². The fraction of sp³-hybridized carbons (Fsp3) is 0.171. The van der Waals surface area contributed by atoms with Gasteiger partial charge in [0.2, 0.25) is 0 Å². The van der Waals surface area contributed by atoms with Gasteiger partial charge in [0.05, 0.1) is 24.7 Å². The predicted molar refractivity (Wildman–Crippen MR) is 177 cm³/mol. The van der Waals surface area contributed by atoms with Gasteiger partial charge in [-0.25, -0.2) is 9.97 Å². The summed E-state index contributed by atoms with van der Waals surface area (Å²) >= 11 is 6.28. The van der Waals surface area contributed by atoms with Crippen molar-refractivity contribution >= 4 is 29.2 Å². The summed E-state index contributed by atoms with van der Waals surface area (Å²) in [6.45, 7) is 1.13. The number of benzene rings is 3. The minimum absolute atomic E-state index is 0.0119. The normalized spacial score (nSPS) is 10.6. The van der Waals surface area contributed by atoms with Crippen molar-refractivity contribution in [2.45, 2.75) is 13.0 Å². The zero-order chi connectivity index (χ0) is 33.2. The third-order valence-electron chi connectivity index (χ3n) is 7.14. The zero-order valence-corrected chi connectivity index (χ0v) is 26.5. The van der Waals surface area contributed by atoms with Crippen LogP contribution in [0.2, 0.25) is 5.02 Å². The summed E-state index contributed by atoms with van der Waals surface area (Å²) in [6, 6.07) is 22.6. The summed E-state index contributed by atoms with van der Waals surface area (Å²) in [5, 5.41) is 16.6. The number of halogens is 1. The fourth-order valence-electron chi connectivity index (χ4n) is 4.88. The average molecular weight is 651 g/mol. The molecule has 5 aromatic rings. The van der Waals surface area contributed by atoms with Crippen molar-refractivity contribution in [1.29, 1.82) is 5.26 Å². The fourth-order valence-corrected chi connectivity index (χ4v) is 5.05. The molecule has 0 fully saturated rings. The Hall–Kier alpha value is -5.70. The van der Waals surface area contributed by atoms with Crippen molar-refractivity contribution in [2.75, 3.05) is 32.9 Å². The number of hydrogen-bond acceptors (Lipinski definition) is 8. The van der Waals surface area contributed by atoms with Crippen LogP contribution in [0.15, 0.2) is 91.5 Å². The first-order valence-corrected chi connectivity index (χ1v) is 14.9. The summed E-state index contributed by atoms with van der Waals surface area (Å²) in [7, 11) is 2.96. The Morgan fingerprint density at radius 3 is 2.60 bits per heavy atom. The third-order valence-corrected chi connectivity index (χ3v) is 7.38. The molecule has 0 aliphatic heterocycles. The number of ether oxygens (including phenoxy) is 3. The van der Waals surface area contributed by atoms with Gasteiger partial charge >= 0.3 is 0 Å². The predicted octanol–water partition coefficient (Wildman–Crippen LogP) is 6.20. The SMILES string of the molecule is COCOc1cc(Cl)ccc1-c1cc(-c2cccc(C(=O)NCCCn3ccnc3)c2)c(C#N)c(NC(=O)c2ccccc2OC)n1. The van der Waals surface area contributed by atoms with Crippen LogP contribution in [0.25, 0.3) is 22.4 Å². The quantitative estimate of drug-likeness (QED) is 0.113. The van der Waals surface area contributed by atoms with E-state index in [1.54, 1.807) is 85.3 Å². The van der Waals surface area contributed by atoms with Crippen molar-refractivity contribution in [2.24, 2.45) is 0 Å². The van der Waals surface area contributed by atoms with Crippen LogP contribution in [0.4, 0.5) is 5.82 Å². The molecule has 3 aromatic carbocycles. The number of nitriles is 1. The number of hydrogen-bond donors (Lipinski definition) is 2. The molecule has 238 valence electrons. The molecule has 0 spiro atoms. The van der Waals surface area contributed by atoms with Gasteiger partial charge in [-0.05, 0) is 60.5 Å². The Morgan fingerprint density at radius 1 is 0.979 bits per heavy atom. The number of pyridine rings is 1. The Morgan fingerprint density at radius 2 is 1.83 bits per heavy atom. The molecule has 2 aromatic heterocycles. The molecule has 0 saturated heterocycles. The molecule has 2 N–H and O–H groups in total. The summed E-state index contributed by atoms with van der Waals surface area (Å²) in [5.74, 6) is -0.0314. The van der Waals surface area contributed by atoms with Gasteiger partial charge < -0.3 is 29.4 Å². The van der Waals surface area contributed by atoms with E-state index in [2.05, 4.69) is 21.7 Å². The molecule has 11 nitrogen and oxygen atoms in total. The van der Waals surface area contributed by atoms with Gasteiger partial charge in [0.15, 0.2) is 12.6 Å². The third kappa shape index (κ3) is 7.94. The van der Waals surface area contributed by atoms with Crippen molar-refractivity contribution in [3.05, 3.63) is 113 Å². The van der Waals surface area contributed by atoms with Gasteiger partial charge in [0, 0.05) is 54.3 Å². The first kappa shape index (κ1) is 32.7. The average Bonchev–Trinajstić information content (AvgIpc) is 3.62. The molecule has 47 heavy (non-hydrogen) atoms. The Bertz CT molecular complexity index is 1920. The van der Waals surface area contributed by atoms with Crippen LogP contribution >= 0.6 is 11.6 Å². The van der Waals surface area contributed by atoms with Crippen LogP contribution in [0.1, 0.15) is 32.7 Å². The minimum atomic E-state index is -0.523. The first-order valence-electron chi connectivity index (χ1n) is 14.6. The van der Waals surface area contributed by atoms with Gasteiger partial charge in [0.1, 0.15) is 23.1 Å². The van der Waals surface area contributed by atoms with Crippen molar-refractivity contribution in [3.63, 3.8) is 0 Å². The lowest BCUT2D eigenvalue weighted by Crippen LogP contribution is -2.25. The number of aromatic nitrogens is 3. The molecule has 2 heterocycles. The molecule has 0 saturated carbocycles. The second-order valence-electron chi connectivity index (χ2n) is 10.2. The maximum absolute atomic E-state index is 13.5. The highest BCUT2D eigenvalue weighted by Crippen LogP contribution is 2.37. The number of nitrogens with zero attached hydrogens (tertiary/aromatic N) is 4. The van der Waals surface area contributed by atoms with Crippen molar-refractivity contribution < 1.29 is 23.8 Å². The van der Waals surface area contributed by atoms with Crippen LogP contribution in [0, 0.1) is 11.3 Å². The Balaban J connectivity index is 1.55. The van der Waals surface area contributed by atoms with Gasteiger partial charge in [-0.1, -0.05) is 35.9 Å². The first-order chi connectivity index (χ1) is 22.9. The molecule has 0 aliphatic rings. The van der Waals surface area contributed by atoms with Crippen LogP contribution in [-0.2, 0) is 11.3 Å². The number of aryl methyl sites for hydroxylation is 1. The van der Waals surface area contributed by atoms with Crippen molar-refractivity contribution in [1.82, 2.24) is 19.9 Å². The van der Waals surface area contributed by atoms with E-state index < -0.39 is 5.91 Å². The van der Waals surface area contributed by atoms with E-state index >= 15 is 0 Å². The largest absolute Gasteiger partial charge is 0.496 e. The number of rotatable bonds is 13. The molecule has 2 amide bonds. The highest BCUT2D eigenvalue weighted by Gasteiger charge is 2.22. The number of imidazole rings is 1. The number of carbonyl (C=O) groups is 2. The lowest BCUT2D eigenvalue weighted by Gasteiger charge is -2.17. The standard InChI is InChI=1S/C35H31ClN6O5/c1-45-22-47-32-18-25(36)11-12-26(32)30-19-28(29(20-37)33(40-30)41-35(44)27-9-3-4-10-31(27)46-2)23-7-5-8-24(17-23)34(43)39-13-6-15-42-16-14-38-21-42/h3-5,7-12,14,16-19,21H,6,13,15,22H2,1-2H3,(H,39,43)(H,40,41,44). The number of para-hydroxylation sites is 1. The summed E-state index contributed by atoms with van der Waals surface area (Å²) in [4.78, 5) is 35.4. The van der Waals surface area contributed by atoms with Crippen molar-refractivity contribution in [3.8, 4) is 40.0 Å². The summed E-state index contributed by atoms with van der Waals surface area (Å²) in [6.07, 6.45) is 6.02. The molecular formula is C35H31ClN6O5. The van der Waals surface area contributed by atoms with E-state index in [9.17, 15) is 14.9 Å². The lowest BCUT2D eigenvalue weighted by atomic mass is 9.96. The van der Waals surface area contributed by atoms with Gasteiger partial charge in [-0.15, -0.1) is 0 Å². The number of nitrogens with one attached hydrogen (secondary N) is 2. The Kier molecular flexibility index (Phi) is 10.8. The van der Waals surface area contributed by atoms with E-state index in [1.165, 1.54) is 14.2 Å². The molecular weight excluding hydrogens is 620 g/mol. The summed E-state index contributed by atoms with van der Waals surface area (Å²) < 4.78 is 18.2. The smallest absolute Gasteiger partial charge is 0.260 e. The maximum atomic E-state index is 13.5. The lowest BCUT2D eigenvalue weighted by molar-refractivity contribution is 0.0515. The molecule has 0 aliphatic carbocycles. The number of anilines is 1. The van der Waals surface area contributed by atoms with E-state index in [4.69, 9.17) is 30.8 Å². The molecule has 0 atom stereocenters. The minimum Gasteiger partial charge on any atom is -0.496 e. The van der Waals surface area contributed by atoms with E-state index in [0.29, 0.717) is 51.0 Å². The van der Waals surface area contributed by atoms with Crippen LogP contribution < -0.4 is 20.1 Å². The van der Waals surface area contributed by atoms with E-state index in [-0.39, 0.29) is 29.6 Å². The summed E-state index contributed by atoms with van der Waals surface area (Å²) in [5.41, 5.74) is 2.69. The zero-order valence-electron chi connectivity index (χ0n) is 25.7. The van der Waals surface area contributed by atoms with Gasteiger partial charge in [-0.3, -0.25) is 9.59 Å². The monoisotopic (exact) mass is 650 g/mol. The molecule has 12 heteroatoms. The van der Waals surface area contributed by atoms with Crippen LogP contribution in [0.5, 0.6) is 11.5 Å². The second kappa shape index (κ2) is 15.5. The topological polar surface area (TPSA) is 140 Å². The van der Waals surface area contributed by atoms with Gasteiger partial charge in [0.25, 0.3) is 11.8 Å². The molecule has 5 rings (SSSR count). The van der Waals surface area contributed by atoms with Crippen LogP contribution in [-0.4, -0.2) is 53.9 Å². The number of carbonyl (C=O) groups excluding carboxylic acids is 2.